The van der Waals surface area contributed by atoms with Gasteiger partial charge in [0.25, 0.3) is 5.91 Å². The number of hydrogen-bond acceptors (Lipinski definition) is 3. The molecular weight excluding hydrogens is 354 g/mol. The molecular formula is C22H25N3O3. The molecule has 146 valence electrons. The monoisotopic (exact) mass is 379 g/mol. The third-order valence-corrected chi connectivity index (χ3v) is 5.07. The standard InChI is InChI=1S/C22H25N3O3/c1-14(2)16-7-9-17(10-8-16)22(4)20(27)25(21(28)24-22)13-19(26)23-18-11-5-15(3)6-12-18/h5-12,14H,13H2,1-4H3,(H,23,26)(H,24,28). The molecule has 1 heterocycles. The molecule has 6 nitrogen and oxygen atoms in total. The number of nitrogens with zero attached hydrogens (tertiary/aromatic N) is 1. The first-order valence-corrected chi connectivity index (χ1v) is 9.32. The van der Waals surface area contributed by atoms with E-state index in [1.165, 1.54) is 0 Å². The van der Waals surface area contributed by atoms with Gasteiger partial charge < -0.3 is 10.6 Å². The third kappa shape index (κ3) is 3.76. The summed E-state index contributed by atoms with van der Waals surface area (Å²) in [6.45, 7) is 7.46. The Morgan fingerprint density at radius 1 is 1.07 bits per heavy atom. The molecule has 0 radical (unpaired) electrons. The zero-order valence-electron chi connectivity index (χ0n) is 16.6. The number of carbonyl (C=O) groups is 3. The Balaban J connectivity index is 1.73. The molecule has 6 heteroatoms. The lowest BCUT2D eigenvalue weighted by molar-refractivity contribution is -0.133. The molecule has 1 unspecified atom stereocenters. The van der Waals surface area contributed by atoms with E-state index in [0.717, 1.165) is 16.0 Å². The summed E-state index contributed by atoms with van der Waals surface area (Å²) >= 11 is 0. The Labute approximate surface area is 164 Å². The van der Waals surface area contributed by atoms with E-state index in [0.29, 0.717) is 17.2 Å². The maximum atomic E-state index is 13.0. The molecule has 1 atom stereocenters. The molecule has 1 fully saturated rings. The smallest absolute Gasteiger partial charge is 0.325 e. The lowest BCUT2D eigenvalue weighted by atomic mass is 9.90. The van der Waals surface area contributed by atoms with E-state index < -0.39 is 23.4 Å². The van der Waals surface area contributed by atoms with Gasteiger partial charge in [0.05, 0.1) is 0 Å². The first-order chi connectivity index (χ1) is 13.2. The predicted molar refractivity (Wildman–Crippen MR) is 108 cm³/mol. The molecule has 2 aromatic rings. The Kier molecular flexibility index (Phi) is 5.23. The summed E-state index contributed by atoms with van der Waals surface area (Å²) in [5, 5.41) is 5.44. The summed E-state index contributed by atoms with van der Waals surface area (Å²) in [6, 6.07) is 14.3. The second-order valence-electron chi connectivity index (χ2n) is 7.64. The van der Waals surface area contributed by atoms with Crippen molar-refractivity contribution in [2.45, 2.75) is 39.2 Å². The van der Waals surface area contributed by atoms with Crippen LogP contribution < -0.4 is 10.6 Å². The molecule has 1 saturated heterocycles. The van der Waals surface area contributed by atoms with E-state index in [2.05, 4.69) is 24.5 Å². The fourth-order valence-corrected chi connectivity index (χ4v) is 3.22. The number of benzene rings is 2. The van der Waals surface area contributed by atoms with Gasteiger partial charge in [-0.05, 0) is 43.0 Å². The van der Waals surface area contributed by atoms with Crippen LogP contribution in [-0.4, -0.2) is 29.3 Å². The second-order valence-corrected chi connectivity index (χ2v) is 7.64. The van der Waals surface area contributed by atoms with E-state index in [9.17, 15) is 14.4 Å². The van der Waals surface area contributed by atoms with Gasteiger partial charge >= 0.3 is 6.03 Å². The molecule has 2 aromatic carbocycles. The maximum absolute atomic E-state index is 13.0. The van der Waals surface area contributed by atoms with Gasteiger partial charge in [-0.15, -0.1) is 0 Å². The summed E-state index contributed by atoms with van der Waals surface area (Å²) in [7, 11) is 0. The third-order valence-electron chi connectivity index (χ3n) is 5.07. The van der Waals surface area contributed by atoms with Crippen LogP contribution in [-0.2, 0) is 15.1 Å². The normalized spacial score (nSPS) is 19.1. The van der Waals surface area contributed by atoms with Gasteiger partial charge in [0.1, 0.15) is 12.1 Å². The van der Waals surface area contributed by atoms with Gasteiger partial charge in [-0.3, -0.25) is 14.5 Å². The van der Waals surface area contributed by atoms with Gasteiger partial charge in [0.2, 0.25) is 5.91 Å². The zero-order chi connectivity index (χ0) is 20.5. The highest BCUT2D eigenvalue weighted by Gasteiger charge is 2.49. The van der Waals surface area contributed by atoms with Crippen molar-refractivity contribution in [2.75, 3.05) is 11.9 Å². The van der Waals surface area contributed by atoms with Crippen molar-refractivity contribution in [3.05, 3.63) is 65.2 Å². The van der Waals surface area contributed by atoms with Crippen molar-refractivity contribution in [1.29, 1.82) is 0 Å². The SMILES string of the molecule is Cc1ccc(NC(=O)CN2C(=O)NC(C)(c3ccc(C(C)C)cc3)C2=O)cc1. The minimum Gasteiger partial charge on any atom is -0.325 e. The van der Waals surface area contributed by atoms with Gasteiger partial charge in [0, 0.05) is 5.69 Å². The van der Waals surface area contributed by atoms with Crippen LogP contribution in [0.15, 0.2) is 48.5 Å². The Morgan fingerprint density at radius 2 is 1.68 bits per heavy atom. The number of urea groups is 1. The summed E-state index contributed by atoms with van der Waals surface area (Å²) < 4.78 is 0. The highest BCUT2D eigenvalue weighted by molar-refractivity contribution is 6.10. The quantitative estimate of drug-likeness (QED) is 0.780. The zero-order valence-corrected chi connectivity index (χ0v) is 16.6. The van der Waals surface area contributed by atoms with Crippen LogP contribution >= 0.6 is 0 Å². The van der Waals surface area contributed by atoms with E-state index in [1.54, 1.807) is 19.1 Å². The molecule has 1 aliphatic heterocycles. The van der Waals surface area contributed by atoms with Crippen molar-refractivity contribution in [2.24, 2.45) is 0 Å². The van der Waals surface area contributed by atoms with Crippen LogP contribution in [0.25, 0.3) is 0 Å². The number of anilines is 1. The van der Waals surface area contributed by atoms with Gasteiger partial charge in [0.15, 0.2) is 0 Å². The summed E-state index contributed by atoms with van der Waals surface area (Å²) in [6.07, 6.45) is 0. The summed E-state index contributed by atoms with van der Waals surface area (Å²) in [4.78, 5) is 38.6. The van der Waals surface area contributed by atoms with Crippen molar-refractivity contribution in [3.8, 4) is 0 Å². The number of aryl methyl sites for hydroxylation is 1. The predicted octanol–water partition coefficient (Wildman–Crippen LogP) is 3.52. The average Bonchev–Trinajstić information content (AvgIpc) is 2.88. The number of carbonyl (C=O) groups excluding carboxylic acids is 3. The maximum Gasteiger partial charge on any atom is 0.325 e. The van der Waals surface area contributed by atoms with E-state index in [1.807, 2.05) is 43.3 Å². The lowest BCUT2D eigenvalue weighted by Gasteiger charge is -2.22. The number of imide groups is 1. The fraction of sp³-hybridized carbons (Fsp3) is 0.318. The Hall–Kier alpha value is -3.15. The van der Waals surface area contributed by atoms with Crippen LogP contribution in [0, 0.1) is 6.92 Å². The van der Waals surface area contributed by atoms with Crippen molar-refractivity contribution in [1.82, 2.24) is 10.2 Å². The highest BCUT2D eigenvalue weighted by Crippen LogP contribution is 2.30. The summed E-state index contributed by atoms with van der Waals surface area (Å²) in [5.41, 5.74) is 2.35. The van der Waals surface area contributed by atoms with Crippen molar-refractivity contribution < 1.29 is 14.4 Å². The second kappa shape index (κ2) is 7.46. The van der Waals surface area contributed by atoms with Gasteiger partial charge in [-0.25, -0.2) is 4.79 Å². The molecule has 2 N–H and O–H groups in total. The van der Waals surface area contributed by atoms with E-state index in [4.69, 9.17) is 0 Å². The van der Waals surface area contributed by atoms with Crippen LogP contribution in [0.4, 0.5) is 10.5 Å². The minimum atomic E-state index is -1.18. The van der Waals surface area contributed by atoms with Crippen molar-refractivity contribution in [3.63, 3.8) is 0 Å². The number of nitrogens with one attached hydrogen (secondary N) is 2. The number of rotatable bonds is 5. The fourth-order valence-electron chi connectivity index (χ4n) is 3.22. The van der Waals surface area contributed by atoms with Gasteiger partial charge in [-0.2, -0.15) is 0 Å². The van der Waals surface area contributed by atoms with Crippen LogP contribution in [0.2, 0.25) is 0 Å². The average molecular weight is 379 g/mol. The van der Waals surface area contributed by atoms with Crippen LogP contribution in [0.5, 0.6) is 0 Å². The summed E-state index contributed by atoms with van der Waals surface area (Å²) in [5.74, 6) is -0.488. The van der Waals surface area contributed by atoms with Crippen LogP contribution in [0.3, 0.4) is 0 Å². The van der Waals surface area contributed by atoms with E-state index >= 15 is 0 Å². The van der Waals surface area contributed by atoms with Crippen molar-refractivity contribution >= 4 is 23.5 Å². The number of hydrogen-bond donors (Lipinski definition) is 2. The van der Waals surface area contributed by atoms with Crippen LogP contribution in [0.1, 0.15) is 43.4 Å². The first kappa shape index (κ1) is 19.6. The first-order valence-electron chi connectivity index (χ1n) is 9.32. The molecule has 0 aromatic heterocycles. The van der Waals surface area contributed by atoms with E-state index in [-0.39, 0.29) is 6.54 Å². The minimum absolute atomic E-state index is 0.335. The lowest BCUT2D eigenvalue weighted by Crippen LogP contribution is -2.42. The molecule has 4 amide bonds. The highest BCUT2D eigenvalue weighted by atomic mass is 16.2. The topological polar surface area (TPSA) is 78.5 Å². The van der Waals surface area contributed by atoms with Gasteiger partial charge in [-0.1, -0.05) is 55.8 Å². The molecule has 0 saturated carbocycles. The molecule has 0 aliphatic carbocycles. The Bertz CT molecular complexity index is 904. The number of amides is 4. The largest absolute Gasteiger partial charge is 0.325 e. The molecule has 0 spiro atoms. The molecule has 1 aliphatic rings. The molecule has 0 bridgehead atoms. The Morgan fingerprint density at radius 3 is 2.25 bits per heavy atom. The molecule has 28 heavy (non-hydrogen) atoms. The molecule has 3 rings (SSSR count).